The molecule has 13 heavy (non-hydrogen) atoms. The van der Waals surface area contributed by atoms with Gasteiger partial charge in [0.1, 0.15) is 0 Å². The van der Waals surface area contributed by atoms with Crippen LogP contribution in [0, 0.1) is 0 Å². The fourth-order valence-electron chi connectivity index (χ4n) is 1.96. The van der Waals surface area contributed by atoms with Crippen LogP contribution in [0.1, 0.15) is 43.4 Å². The molecular weight excluding hydrogens is 158 g/mol. The van der Waals surface area contributed by atoms with Crippen LogP contribution in [-0.2, 0) is 6.54 Å². The molecule has 0 aliphatic carbocycles. The van der Waals surface area contributed by atoms with Gasteiger partial charge in [0.15, 0.2) is 0 Å². The highest BCUT2D eigenvalue weighted by molar-refractivity contribution is 6.03. The van der Waals surface area contributed by atoms with Crippen LogP contribution in [0.2, 0.25) is 0 Å². The van der Waals surface area contributed by atoms with Gasteiger partial charge in [-0.15, -0.1) is 0 Å². The summed E-state index contributed by atoms with van der Waals surface area (Å²) in [6.07, 6.45) is 0. The minimum absolute atomic E-state index is 0.596. The molecule has 1 aliphatic rings. The normalized spacial score (nSPS) is 14.6. The third-order valence-corrected chi connectivity index (χ3v) is 2.65. The summed E-state index contributed by atoms with van der Waals surface area (Å²) in [6.45, 7) is 7.46. The lowest BCUT2D eigenvalue weighted by molar-refractivity contribution is 0.862. The molecule has 0 N–H and O–H groups in total. The van der Waals surface area contributed by atoms with Gasteiger partial charge in [-0.25, -0.2) is 0 Å². The van der Waals surface area contributed by atoms with E-state index in [2.05, 4.69) is 44.0 Å². The van der Waals surface area contributed by atoms with Crippen LogP contribution in [0.4, 0.5) is 0 Å². The summed E-state index contributed by atoms with van der Waals surface area (Å²) < 4.78 is 0. The fourth-order valence-corrected chi connectivity index (χ4v) is 1.96. The summed E-state index contributed by atoms with van der Waals surface area (Å²) in [6, 6.07) is 6.54. The Morgan fingerprint density at radius 3 is 2.77 bits per heavy atom. The first-order valence-electron chi connectivity index (χ1n) is 4.83. The molecule has 0 radical (unpaired) electrons. The van der Waals surface area contributed by atoms with E-state index in [-0.39, 0.29) is 0 Å². The van der Waals surface area contributed by atoms with Crippen molar-refractivity contribution in [2.75, 3.05) is 0 Å². The van der Waals surface area contributed by atoms with E-state index in [1.165, 1.54) is 22.4 Å². The summed E-state index contributed by atoms with van der Waals surface area (Å²) in [5, 5.41) is 0. The van der Waals surface area contributed by atoms with Gasteiger partial charge in [-0.1, -0.05) is 32.0 Å². The highest BCUT2D eigenvalue weighted by Crippen LogP contribution is 2.27. The number of hydrogen-bond acceptors (Lipinski definition) is 1. The predicted octanol–water partition coefficient (Wildman–Crippen LogP) is 3.13. The van der Waals surface area contributed by atoms with Crippen molar-refractivity contribution in [2.45, 2.75) is 33.2 Å². The summed E-state index contributed by atoms with van der Waals surface area (Å²) in [4.78, 5) is 4.46. The molecule has 0 bridgehead atoms. The molecule has 1 heteroatoms. The molecule has 0 spiro atoms. The van der Waals surface area contributed by atoms with Crippen molar-refractivity contribution in [2.24, 2.45) is 4.99 Å². The van der Waals surface area contributed by atoms with Gasteiger partial charge in [0, 0.05) is 11.3 Å². The van der Waals surface area contributed by atoms with Crippen molar-refractivity contribution >= 4 is 5.71 Å². The molecule has 0 atom stereocenters. The van der Waals surface area contributed by atoms with Crippen LogP contribution in [0.15, 0.2) is 23.2 Å². The number of aliphatic imine (C=N–C) groups is 1. The van der Waals surface area contributed by atoms with Gasteiger partial charge in [-0.2, -0.15) is 0 Å². The zero-order chi connectivity index (χ0) is 9.42. The zero-order valence-electron chi connectivity index (χ0n) is 8.46. The second-order valence-corrected chi connectivity index (χ2v) is 3.94. The largest absolute Gasteiger partial charge is 0.285 e. The SMILES string of the molecule is CC1=NCc2cccc(C(C)C)c21. The van der Waals surface area contributed by atoms with Crippen molar-refractivity contribution in [3.05, 3.63) is 34.9 Å². The van der Waals surface area contributed by atoms with Gasteiger partial charge in [0.25, 0.3) is 0 Å². The predicted molar refractivity (Wildman–Crippen MR) is 56.4 cm³/mol. The first-order chi connectivity index (χ1) is 6.20. The molecule has 0 amide bonds. The number of rotatable bonds is 1. The van der Waals surface area contributed by atoms with Crippen molar-refractivity contribution < 1.29 is 0 Å². The fraction of sp³-hybridized carbons (Fsp3) is 0.417. The van der Waals surface area contributed by atoms with Crippen LogP contribution >= 0.6 is 0 Å². The molecule has 68 valence electrons. The van der Waals surface area contributed by atoms with Crippen molar-refractivity contribution in [3.63, 3.8) is 0 Å². The Labute approximate surface area is 79.5 Å². The van der Waals surface area contributed by atoms with E-state index < -0.39 is 0 Å². The van der Waals surface area contributed by atoms with E-state index in [9.17, 15) is 0 Å². The number of nitrogens with zero attached hydrogens (tertiary/aromatic N) is 1. The number of hydrogen-bond donors (Lipinski definition) is 0. The van der Waals surface area contributed by atoms with E-state index in [4.69, 9.17) is 0 Å². The highest BCUT2D eigenvalue weighted by atomic mass is 14.8. The minimum Gasteiger partial charge on any atom is -0.285 e. The van der Waals surface area contributed by atoms with Crippen LogP contribution in [0.3, 0.4) is 0 Å². The molecule has 1 aromatic carbocycles. The topological polar surface area (TPSA) is 12.4 Å². The molecule has 0 saturated carbocycles. The van der Waals surface area contributed by atoms with E-state index >= 15 is 0 Å². The molecule has 1 aromatic rings. The summed E-state index contributed by atoms with van der Waals surface area (Å²) in [5.41, 5.74) is 5.44. The van der Waals surface area contributed by atoms with E-state index in [0.29, 0.717) is 5.92 Å². The highest BCUT2D eigenvalue weighted by Gasteiger charge is 2.16. The average Bonchev–Trinajstić information content (AvgIpc) is 2.48. The Morgan fingerprint density at radius 2 is 2.08 bits per heavy atom. The molecule has 0 fully saturated rings. The molecule has 1 nitrogen and oxygen atoms in total. The number of fused-ring (bicyclic) bond motifs is 1. The summed E-state index contributed by atoms with van der Waals surface area (Å²) in [7, 11) is 0. The summed E-state index contributed by atoms with van der Waals surface area (Å²) >= 11 is 0. The lowest BCUT2D eigenvalue weighted by Gasteiger charge is -2.11. The lowest BCUT2D eigenvalue weighted by atomic mass is 9.92. The molecule has 0 aromatic heterocycles. The first kappa shape index (κ1) is 8.49. The summed E-state index contributed by atoms with van der Waals surface area (Å²) in [5.74, 6) is 0.596. The van der Waals surface area contributed by atoms with E-state index in [0.717, 1.165) is 6.54 Å². The Hall–Kier alpha value is -1.11. The van der Waals surface area contributed by atoms with Gasteiger partial charge in [0.05, 0.1) is 6.54 Å². The number of benzene rings is 1. The van der Waals surface area contributed by atoms with E-state index in [1.807, 2.05) is 0 Å². The van der Waals surface area contributed by atoms with Crippen molar-refractivity contribution in [3.8, 4) is 0 Å². The second-order valence-electron chi connectivity index (χ2n) is 3.94. The van der Waals surface area contributed by atoms with Gasteiger partial charge in [0.2, 0.25) is 0 Å². The van der Waals surface area contributed by atoms with Gasteiger partial charge in [-0.3, -0.25) is 4.99 Å². The van der Waals surface area contributed by atoms with Crippen LogP contribution in [0.5, 0.6) is 0 Å². The molecule has 1 heterocycles. The Balaban J connectivity index is 2.60. The average molecular weight is 173 g/mol. The Bertz CT molecular complexity index is 361. The van der Waals surface area contributed by atoms with Crippen LogP contribution < -0.4 is 0 Å². The maximum Gasteiger partial charge on any atom is 0.0649 e. The van der Waals surface area contributed by atoms with Crippen LogP contribution in [-0.4, -0.2) is 5.71 Å². The molecule has 0 unspecified atom stereocenters. The van der Waals surface area contributed by atoms with Crippen molar-refractivity contribution in [1.82, 2.24) is 0 Å². The maximum atomic E-state index is 4.46. The van der Waals surface area contributed by atoms with Crippen LogP contribution in [0.25, 0.3) is 0 Å². The third-order valence-electron chi connectivity index (χ3n) is 2.65. The molecular formula is C12H15N. The Kier molecular flexibility index (Phi) is 1.95. The standard InChI is InChI=1S/C12H15N/c1-8(2)11-6-4-5-10-7-13-9(3)12(10)11/h4-6,8H,7H2,1-3H3. The van der Waals surface area contributed by atoms with Crippen molar-refractivity contribution in [1.29, 1.82) is 0 Å². The first-order valence-corrected chi connectivity index (χ1v) is 4.83. The maximum absolute atomic E-state index is 4.46. The third kappa shape index (κ3) is 1.28. The lowest BCUT2D eigenvalue weighted by Crippen LogP contribution is -2.01. The van der Waals surface area contributed by atoms with Gasteiger partial charge in [-0.05, 0) is 24.0 Å². The molecule has 1 aliphatic heterocycles. The minimum atomic E-state index is 0.596. The van der Waals surface area contributed by atoms with E-state index in [1.54, 1.807) is 0 Å². The molecule has 2 rings (SSSR count). The quantitative estimate of drug-likeness (QED) is 0.618. The Morgan fingerprint density at radius 1 is 1.31 bits per heavy atom. The van der Waals surface area contributed by atoms with Gasteiger partial charge >= 0.3 is 0 Å². The van der Waals surface area contributed by atoms with Gasteiger partial charge < -0.3 is 0 Å². The monoisotopic (exact) mass is 173 g/mol. The second kappa shape index (κ2) is 2.99. The zero-order valence-corrected chi connectivity index (χ0v) is 8.46. The smallest absolute Gasteiger partial charge is 0.0649 e. The molecule has 0 saturated heterocycles.